The van der Waals surface area contributed by atoms with E-state index in [9.17, 15) is 20.1 Å². The molecule has 1 aliphatic rings. The number of nitrogens with one attached hydrogen (secondary N) is 1. The zero-order valence-corrected chi connectivity index (χ0v) is 11.1. The molecule has 4 atom stereocenters. The SMILES string of the molecule is C[C@@]1(O)C(O)[C@@H](CO)O[C@H]1n1cnc2c(=O)[nH]c(N)nc21. The highest BCUT2D eigenvalue weighted by molar-refractivity contribution is 5.70. The Morgan fingerprint density at radius 2 is 2.33 bits per heavy atom. The van der Waals surface area contributed by atoms with Crippen molar-refractivity contribution in [3.8, 4) is 0 Å². The van der Waals surface area contributed by atoms with Gasteiger partial charge in [-0.25, -0.2) is 4.98 Å². The molecule has 3 heterocycles. The number of aliphatic hydroxyl groups excluding tert-OH is 2. The number of ether oxygens (including phenoxy) is 1. The van der Waals surface area contributed by atoms with E-state index in [1.807, 2.05) is 0 Å². The molecule has 0 radical (unpaired) electrons. The molecule has 0 aromatic carbocycles. The van der Waals surface area contributed by atoms with Gasteiger partial charge >= 0.3 is 0 Å². The fraction of sp³-hybridized carbons (Fsp3) is 0.545. The van der Waals surface area contributed by atoms with Gasteiger partial charge in [-0.3, -0.25) is 14.3 Å². The van der Waals surface area contributed by atoms with E-state index >= 15 is 0 Å². The van der Waals surface area contributed by atoms with E-state index < -0.39 is 36.2 Å². The summed E-state index contributed by atoms with van der Waals surface area (Å²) in [6.07, 6.45) is -2.06. The van der Waals surface area contributed by atoms with Crippen LogP contribution in [0, 0.1) is 0 Å². The van der Waals surface area contributed by atoms with Crippen molar-refractivity contribution in [2.24, 2.45) is 0 Å². The predicted molar refractivity (Wildman–Crippen MR) is 70.2 cm³/mol. The van der Waals surface area contributed by atoms with E-state index in [0.29, 0.717) is 0 Å². The van der Waals surface area contributed by atoms with E-state index in [1.54, 1.807) is 0 Å². The summed E-state index contributed by atoms with van der Waals surface area (Å²) < 4.78 is 6.76. The number of nitrogens with two attached hydrogens (primary N) is 1. The third-order valence-electron chi connectivity index (χ3n) is 3.64. The van der Waals surface area contributed by atoms with E-state index in [1.165, 1.54) is 17.8 Å². The lowest BCUT2D eigenvalue weighted by atomic mass is 9.96. The first-order valence-electron chi connectivity index (χ1n) is 6.25. The third kappa shape index (κ3) is 1.92. The summed E-state index contributed by atoms with van der Waals surface area (Å²) in [4.78, 5) is 21.9. The van der Waals surface area contributed by atoms with E-state index in [-0.39, 0.29) is 17.1 Å². The van der Waals surface area contributed by atoms with Gasteiger partial charge in [-0.05, 0) is 6.92 Å². The molecule has 0 spiro atoms. The Balaban J connectivity index is 2.15. The van der Waals surface area contributed by atoms with Crippen molar-refractivity contribution in [2.75, 3.05) is 12.3 Å². The number of nitrogens with zero attached hydrogens (tertiary/aromatic N) is 3. The van der Waals surface area contributed by atoms with Gasteiger partial charge in [0, 0.05) is 0 Å². The first kappa shape index (κ1) is 13.9. The number of aromatic nitrogens is 4. The van der Waals surface area contributed by atoms with Crippen molar-refractivity contribution in [3.05, 3.63) is 16.7 Å². The summed E-state index contributed by atoms with van der Waals surface area (Å²) in [5.41, 5.74) is 3.44. The topological polar surface area (TPSA) is 160 Å². The fourth-order valence-corrected chi connectivity index (χ4v) is 2.50. The van der Waals surface area contributed by atoms with Gasteiger partial charge in [0.15, 0.2) is 17.4 Å². The molecule has 1 aliphatic heterocycles. The molecule has 1 saturated heterocycles. The van der Waals surface area contributed by atoms with Crippen LogP contribution in [0.1, 0.15) is 13.2 Å². The van der Waals surface area contributed by atoms with Crippen molar-refractivity contribution in [3.63, 3.8) is 0 Å². The first-order valence-corrected chi connectivity index (χ1v) is 6.25. The van der Waals surface area contributed by atoms with Gasteiger partial charge in [-0.2, -0.15) is 4.98 Å². The monoisotopic (exact) mass is 297 g/mol. The molecule has 10 nitrogen and oxygen atoms in total. The number of nitrogen functional groups attached to an aromatic ring is 1. The number of rotatable bonds is 2. The van der Waals surface area contributed by atoms with Gasteiger partial charge in [0.1, 0.15) is 17.8 Å². The molecular weight excluding hydrogens is 282 g/mol. The summed E-state index contributed by atoms with van der Waals surface area (Å²) in [5.74, 6) is -0.105. The van der Waals surface area contributed by atoms with Crippen molar-refractivity contribution in [2.45, 2.75) is 31.0 Å². The third-order valence-corrected chi connectivity index (χ3v) is 3.64. The smallest absolute Gasteiger partial charge is 0.280 e. The quantitative estimate of drug-likeness (QED) is 0.414. The largest absolute Gasteiger partial charge is 0.394 e. The predicted octanol–water partition coefficient (Wildman–Crippen LogP) is -2.30. The van der Waals surface area contributed by atoms with Crippen molar-refractivity contribution < 1.29 is 20.1 Å². The summed E-state index contributed by atoms with van der Waals surface area (Å²) >= 11 is 0. The Hall–Kier alpha value is -2.01. The van der Waals surface area contributed by atoms with Gasteiger partial charge in [0.25, 0.3) is 5.56 Å². The second-order valence-electron chi connectivity index (χ2n) is 5.16. The van der Waals surface area contributed by atoms with E-state index in [0.717, 1.165) is 0 Å². The standard InChI is InChI=1S/C11H15N5O5/c1-11(20)6(18)4(2-17)21-9(11)16-3-13-5-7(16)14-10(12)15-8(5)19/h3-4,6,9,17-18,20H,2H2,1H3,(H3,12,14,15,19)/t4-,6?,9-,11-/m1/s1. The second kappa shape index (κ2) is 4.49. The average molecular weight is 297 g/mol. The molecule has 6 N–H and O–H groups in total. The van der Waals surface area contributed by atoms with Gasteiger partial charge in [-0.15, -0.1) is 0 Å². The Bertz CT molecular complexity index is 738. The van der Waals surface area contributed by atoms with Crippen molar-refractivity contribution in [1.82, 2.24) is 19.5 Å². The summed E-state index contributed by atoms with van der Waals surface area (Å²) in [7, 11) is 0. The summed E-state index contributed by atoms with van der Waals surface area (Å²) in [6.45, 7) is 0.900. The molecule has 2 aromatic heterocycles. The van der Waals surface area contributed by atoms with Gasteiger partial charge in [0.05, 0.1) is 12.9 Å². The van der Waals surface area contributed by atoms with Crippen LogP contribution in [0.25, 0.3) is 11.2 Å². The summed E-state index contributed by atoms with van der Waals surface area (Å²) in [6, 6.07) is 0. The highest BCUT2D eigenvalue weighted by atomic mass is 16.6. The van der Waals surface area contributed by atoms with Crippen LogP contribution in [0.2, 0.25) is 0 Å². The number of fused-ring (bicyclic) bond motifs is 1. The maximum Gasteiger partial charge on any atom is 0.280 e. The minimum absolute atomic E-state index is 0.0329. The first-order chi connectivity index (χ1) is 9.86. The van der Waals surface area contributed by atoms with Crippen LogP contribution in [0.15, 0.2) is 11.1 Å². The molecular formula is C11H15N5O5. The molecule has 3 rings (SSSR count). The average Bonchev–Trinajstić information content (AvgIpc) is 2.91. The summed E-state index contributed by atoms with van der Waals surface area (Å²) in [5, 5.41) is 29.6. The fourth-order valence-electron chi connectivity index (χ4n) is 2.50. The van der Waals surface area contributed by atoms with E-state index in [4.69, 9.17) is 10.5 Å². The minimum Gasteiger partial charge on any atom is -0.394 e. The zero-order valence-electron chi connectivity index (χ0n) is 11.1. The number of imidazole rings is 1. The molecule has 0 bridgehead atoms. The van der Waals surface area contributed by atoms with Gasteiger partial charge in [-0.1, -0.05) is 0 Å². The highest BCUT2D eigenvalue weighted by Crippen LogP contribution is 2.38. The molecule has 1 unspecified atom stereocenters. The zero-order chi connectivity index (χ0) is 15.4. The molecule has 0 aliphatic carbocycles. The van der Waals surface area contributed by atoms with Crippen molar-refractivity contribution in [1.29, 1.82) is 0 Å². The molecule has 0 amide bonds. The number of aromatic amines is 1. The second-order valence-corrected chi connectivity index (χ2v) is 5.16. The Labute approximate surface area is 117 Å². The number of H-pyrrole nitrogens is 1. The minimum atomic E-state index is -1.69. The number of anilines is 1. The Kier molecular flexibility index (Phi) is 2.99. The number of aliphatic hydroxyl groups is 3. The maximum absolute atomic E-state index is 11.7. The van der Waals surface area contributed by atoms with Gasteiger partial charge in [0.2, 0.25) is 5.95 Å². The lowest BCUT2D eigenvalue weighted by molar-refractivity contribution is -0.0950. The van der Waals surface area contributed by atoms with Crippen LogP contribution in [-0.2, 0) is 4.74 Å². The number of hydrogen-bond acceptors (Lipinski definition) is 8. The highest BCUT2D eigenvalue weighted by Gasteiger charge is 2.53. The Morgan fingerprint density at radius 1 is 1.62 bits per heavy atom. The molecule has 2 aromatic rings. The normalized spacial score (nSPS) is 32.9. The number of hydrogen-bond donors (Lipinski definition) is 5. The van der Waals surface area contributed by atoms with Gasteiger partial charge < -0.3 is 25.8 Å². The maximum atomic E-state index is 11.7. The van der Waals surface area contributed by atoms with E-state index in [2.05, 4.69) is 15.0 Å². The van der Waals surface area contributed by atoms with Crippen LogP contribution in [0.3, 0.4) is 0 Å². The van der Waals surface area contributed by atoms with Crippen LogP contribution in [-0.4, -0.2) is 59.3 Å². The van der Waals surface area contributed by atoms with Crippen LogP contribution in [0.5, 0.6) is 0 Å². The lowest BCUT2D eigenvalue weighted by Crippen LogP contribution is -2.44. The molecule has 0 saturated carbocycles. The van der Waals surface area contributed by atoms with Crippen molar-refractivity contribution >= 4 is 17.1 Å². The molecule has 1 fully saturated rings. The molecule has 10 heteroatoms. The lowest BCUT2D eigenvalue weighted by Gasteiger charge is -2.27. The molecule has 21 heavy (non-hydrogen) atoms. The van der Waals surface area contributed by atoms with Crippen LogP contribution >= 0.6 is 0 Å². The van der Waals surface area contributed by atoms with Crippen LogP contribution in [0.4, 0.5) is 5.95 Å². The van der Waals surface area contributed by atoms with Crippen LogP contribution < -0.4 is 11.3 Å². The Morgan fingerprint density at radius 3 is 2.95 bits per heavy atom. The molecule has 114 valence electrons.